The molecule has 0 aliphatic heterocycles. The van der Waals surface area contributed by atoms with Gasteiger partial charge in [0, 0.05) is 6.07 Å². The summed E-state index contributed by atoms with van der Waals surface area (Å²) in [6.45, 7) is 0. The summed E-state index contributed by atoms with van der Waals surface area (Å²) in [5.74, 6) is 0. The van der Waals surface area contributed by atoms with Crippen LogP contribution in [-0.2, 0) is 0 Å². The van der Waals surface area contributed by atoms with Crippen LogP contribution in [0.25, 0.3) is 11.0 Å². The number of nitrogens with one attached hydrogen (secondary N) is 1. The van der Waals surface area contributed by atoms with Gasteiger partial charge in [-0.05, 0) is 6.07 Å². The van der Waals surface area contributed by atoms with Gasteiger partial charge in [0.2, 0.25) is 0 Å². The van der Waals surface area contributed by atoms with Gasteiger partial charge in [0.1, 0.15) is 5.52 Å². The summed E-state index contributed by atoms with van der Waals surface area (Å²) in [5.41, 5.74) is 0.122. The molecule has 1 aromatic carbocycles. The Morgan fingerprint density at radius 1 is 1.42 bits per heavy atom. The third-order valence-electron chi connectivity index (χ3n) is 1.52. The van der Waals surface area contributed by atoms with E-state index in [1.54, 1.807) is 24.3 Å². The molecule has 0 fully saturated rings. The number of H-pyrrole nitrogens is 1. The zero-order chi connectivity index (χ0) is 8.55. The Morgan fingerprint density at radius 3 is 3.00 bits per heavy atom. The van der Waals surface area contributed by atoms with Crippen LogP contribution in [0.3, 0.4) is 0 Å². The molecule has 0 radical (unpaired) electrons. The zero-order valence-electron chi connectivity index (χ0n) is 6.02. The molecule has 1 aromatic heterocycles. The summed E-state index contributed by atoms with van der Waals surface area (Å²) in [6.07, 6.45) is 0. The molecule has 0 bridgehead atoms. The van der Waals surface area contributed by atoms with E-state index in [-0.39, 0.29) is 0 Å². The highest BCUT2D eigenvalue weighted by molar-refractivity contribution is 5.69. The molecule has 0 saturated heterocycles. The largest absolute Gasteiger partial charge is 0.595 e. The van der Waals surface area contributed by atoms with Crippen molar-refractivity contribution in [2.75, 3.05) is 0 Å². The summed E-state index contributed by atoms with van der Waals surface area (Å²) in [6, 6.07) is 6.62. The van der Waals surface area contributed by atoms with Crippen LogP contribution in [-0.4, -0.2) is 10.1 Å². The van der Waals surface area contributed by atoms with Crippen molar-refractivity contribution in [3.05, 3.63) is 40.0 Å². The number of hydrogen-bond donors (Lipinski definition) is 1. The number of aromatic nitrogens is 3. The van der Waals surface area contributed by atoms with E-state index in [1.165, 1.54) is 0 Å². The van der Waals surface area contributed by atoms with Gasteiger partial charge in [-0.15, -0.1) is 0 Å². The van der Waals surface area contributed by atoms with Crippen molar-refractivity contribution in [1.29, 1.82) is 0 Å². The topological polar surface area (TPSA) is 72.7 Å². The van der Waals surface area contributed by atoms with Crippen molar-refractivity contribution < 1.29 is 4.85 Å². The number of nitrogens with zero attached hydrogens (tertiary/aromatic N) is 2. The quantitative estimate of drug-likeness (QED) is 0.326. The molecule has 1 heterocycles. The van der Waals surface area contributed by atoms with Crippen LogP contribution in [0.4, 0.5) is 0 Å². The SMILES string of the molecule is [O-][n+]1[nH]c(=[18O])nc2ccccc21. The van der Waals surface area contributed by atoms with Crippen molar-refractivity contribution in [2.45, 2.75) is 0 Å². The van der Waals surface area contributed by atoms with E-state index in [0.717, 1.165) is 0 Å². The fraction of sp³-hybridized carbons (Fsp3) is 0. The highest BCUT2D eigenvalue weighted by atomic mass is 18.1. The number of benzene rings is 1. The molecule has 0 atom stereocenters. The molecule has 0 spiro atoms. The van der Waals surface area contributed by atoms with E-state index in [1.807, 2.05) is 5.10 Å². The lowest BCUT2D eigenvalue weighted by atomic mass is 10.3. The number of para-hydroxylation sites is 2. The number of rotatable bonds is 0. The van der Waals surface area contributed by atoms with E-state index in [9.17, 15) is 10.0 Å². The second kappa shape index (κ2) is 2.30. The maximum absolute atomic E-state index is 11.0. The first kappa shape index (κ1) is 6.78. The molecule has 2 rings (SSSR count). The Bertz CT molecular complexity index is 477. The minimum atomic E-state index is -0.635. The molecule has 5 heteroatoms. The number of hydrogen-bond acceptors (Lipinski definition) is 3. The smallest absolute Gasteiger partial charge is 0.395 e. The second-order valence-electron chi connectivity index (χ2n) is 2.31. The summed E-state index contributed by atoms with van der Waals surface area (Å²) in [4.78, 5) is 14.7. The summed E-state index contributed by atoms with van der Waals surface area (Å²) in [7, 11) is 0. The monoisotopic (exact) mass is 165 g/mol. The van der Waals surface area contributed by atoms with Crippen LogP contribution >= 0.6 is 0 Å². The maximum Gasteiger partial charge on any atom is 0.395 e. The van der Waals surface area contributed by atoms with Gasteiger partial charge in [0.05, 0.1) is 0 Å². The van der Waals surface area contributed by atoms with Crippen molar-refractivity contribution >= 4 is 11.0 Å². The number of fused-ring (bicyclic) bond motifs is 1. The third kappa shape index (κ3) is 0.914. The van der Waals surface area contributed by atoms with Crippen LogP contribution in [0.2, 0.25) is 0 Å². The fourth-order valence-corrected chi connectivity index (χ4v) is 1.01. The molecule has 60 valence electrons. The highest BCUT2D eigenvalue weighted by Gasteiger charge is 2.03. The third-order valence-corrected chi connectivity index (χ3v) is 1.52. The van der Waals surface area contributed by atoms with E-state index < -0.39 is 5.69 Å². The van der Waals surface area contributed by atoms with E-state index >= 15 is 0 Å². The summed E-state index contributed by atoms with van der Waals surface area (Å²) < 4.78 is 0. The van der Waals surface area contributed by atoms with Gasteiger partial charge in [-0.1, -0.05) is 22.1 Å². The van der Waals surface area contributed by atoms with Gasteiger partial charge >= 0.3 is 5.69 Å². The Hall–Kier alpha value is -1.91. The van der Waals surface area contributed by atoms with Gasteiger partial charge in [0.25, 0.3) is 5.52 Å². The second-order valence-corrected chi connectivity index (χ2v) is 2.31. The predicted molar refractivity (Wildman–Crippen MR) is 41.3 cm³/mol. The molecule has 1 N–H and O–H groups in total. The lowest BCUT2D eigenvalue weighted by Gasteiger charge is -1.96. The van der Waals surface area contributed by atoms with Gasteiger partial charge in [-0.25, -0.2) is 4.79 Å². The minimum Gasteiger partial charge on any atom is -0.595 e. The predicted octanol–water partition coefficient (Wildman–Crippen LogP) is -0.444. The standard InChI is InChI=1S/C7H5N3O2/c11-7-8-5-3-1-2-4-6(5)10(12)9-7/h1-4H,(H,8,9,11)/i11+2. The zero-order valence-corrected chi connectivity index (χ0v) is 6.02. The molecule has 0 unspecified atom stereocenters. The van der Waals surface area contributed by atoms with E-state index in [4.69, 9.17) is 0 Å². The Morgan fingerprint density at radius 2 is 2.17 bits per heavy atom. The van der Waals surface area contributed by atoms with Crippen LogP contribution < -0.4 is 10.5 Å². The lowest BCUT2D eigenvalue weighted by Crippen LogP contribution is -2.39. The first-order valence-electron chi connectivity index (χ1n) is 3.36. The first-order valence-corrected chi connectivity index (χ1v) is 3.36. The average Bonchev–Trinajstić information content (AvgIpc) is 2.04. The van der Waals surface area contributed by atoms with Crippen LogP contribution in [0.1, 0.15) is 0 Å². The van der Waals surface area contributed by atoms with Gasteiger partial charge in [-0.3, -0.25) is 0 Å². The van der Waals surface area contributed by atoms with Gasteiger partial charge < -0.3 is 5.21 Å². The van der Waals surface area contributed by atoms with Gasteiger partial charge in [-0.2, -0.15) is 4.98 Å². The summed E-state index contributed by atoms with van der Waals surface area (Å²) in [5, 5.41) is 13.0. The van der Waals surface area contributed by atoms with Crippen molar-refractivity contribution in [1.82, 2.24) is 10.1 Å². The number of aromatic amines is 1. The highest BCUT2D eigenvalue weighted by Crippen LogP contribution is 2.00. The Kier molecular flexibility index (Phi) is 1.30. The molecule has 5 nitrogen and oxygen atoms in total. The average molecular weight is 165 g/mol. The molecule has 0 aliphatic rings. The van der Waals surface area contributed by atoms with E-state index in [2.05, 4.69) is 4.98 Å². The van der Waals surface area contributed by atoms with Crippen LogP contribution in [0.15, 0.2) is 29.1 Å². The maximum atomic E-state index is 11.0. The van der Waals surface area contributed by atoms with Crippen LogP contribution in [0.5, 0.6) is 0 Å². The lowest BCUT2D eigenvalue weighted by molar-refractivity contribution is -0.644. The van der Waals surface area contributed by atoms with Crippen molar-refractivity contribution in [3.8, 4) is 0 Å². The molecule has 0 saturated carbocycles. The van der Waals surface area contributed by atoms with Crippen LogP contribution in [0, 0.1) is 5.21 Å². The molecule has 2 aromatic rings. The Balaban J connectivity index is 2.99. The molecular formula is C7H5N3O2. The summed E-state index contributed by atoms with van der Waals surface area (Å²) >= 11 is 0. The van der Waals surface area contributed by atoms with Gasteiger partial charge in [0.15, 0.2) is 0 Å². The first-order chi connectivity index (χ1) is 5.77. The molecule has 0 amide bonds. The van der Waals surface area contributed by atoms with Crippen molar-refractivity contribution in [2.24, 2.45) is 0 Å². The van der Waals surface area contributed by atoms with E-state index in [0.29, 0.717) is 15.9 Å². The minimum absolute atomic E-state index is 0.358. The Labute approximate surface area is 66.9 Å². The molecule has 12 heavy (non-hydrogen) atoms. The molecule has 0 aliphatic carbocycles. The van der Waals surface area contributed by atoms with Crippen molar-refractivity contribution in [3.63, 3.8) is 0 Å². The normalized spacial score (nSPS) is 10.3. The molecular weight excluding hydrogens is 160 g/mol. The fourth-order valence-electron chi connectivity index (χ4n) is 1.01.